The molecule has 3 rings (SSSR count). The van der Waals surface area contributed by atoms with Gasteiger partial charge in [-0.2, -0.15) is 5.10 Å². The SMILES string of the molecule is Cc1nn(-c2ccc(I)cc2)c2c1CCCC2. The summed E-state index contributed by atoms with van der Waals surface area (Å²) in [5.41, 5.74) is 5.31. The third-order valence-electron chi connectivity index (χ3n) is 3.45. The molecule has 2 nitrogen and oxygen atoms in total. The van der Waals surface area contributed by atoms with Crippen LogP contribution in [0.4, 0.5) is 0 Å². The summed E-state index contributed by atoms with van der Waals surface area (Å²) in [5.74, 6) is 0. The first-order valence-corrected chi connectivity index (χ1v) is 7.17. The van der Waals surface area contributed by atoms with Crippen molar-refractivity contribution in [2.45, 2.75) is 32.6 Å². The van der Waals surface area contributed by atoms with Gasteiger partial charge in [-0.25, -0.2) is 4.68 Å². The van der Waals surface area contributed by atoms with E-state index < -0.39 is 0 Å². The lowest BCUT2D eigenvalue weighted by Crippen LogP contribution is -2.07. The largest absolute Gasteiger partial charge is 0.237 e. The van der Waals surface area contributed by atoms with Gasteiger partial charge in [0.05, 0.1) is 11.4 Å². The van der Waals surface area contributed by atoms with Gasteiger partial charge in [-0.3, -0.25) is 0 Å². The first-order chi connectivity index (χ1) is 8.25. The molecule has 88 valence electrons. The molecule has 0 unspecified atom stereocenters. The molecule has 0 fully saturated rings. The molecule has 1 aliphatic rings. The van der Waals surface area contributed by atoms with Crippen LogP contribution in [0.2, 0.25) is 0 Å². The summed E-state index contributed by atoms with van der Waals surface area (Å²) in [5, 5.41) is 4.71. The molecular formula is C14H15IN2. The summed E-state index contributed by atoms with van der Waals surface area (Å²) in [6.07, 6.45) is 4.97. The number of rotatable bonds is 1. The molecule has 1 heterocycles. The van der Waals surface area contributed by atoms with Crippen LogP contribution in [0, 0.1) is 10.5 Å². The van der Waals surface area contributed by atoms with Crippen molar-refractivity contribution in [3.63, 3.8) is 0 Å². The van der Waals surface area contributed by atoms with Crippen LogP contribution in [0.3, 0.4) is 0 Å². The van der Waals surface area contributed by atoms with E-state index in [4.69, 9.17) is 5.10 Å². The summed E-state index contributed by atoms with van der Waals surface area (Å²) in [6, 6.07) is 8.59. The maximum absolute atomic E-state index is 4.71. The second-order valence-corrected chi connectivity index (χ2v) is 5.85. The molecule has 0 amide bonds. The molecule has 0 atom stereocenters. The molecule has 0 saturated heterocycles. The lowest BCUT2D eigenvalue weighted by atomic mass is 9.96. The zero-order chi connectivity index (χ0) is 11.8. The van der Waals surface area contributed by atoms with E-state index in [2.05, 4.69) is 58.5 Å². The Morgan fingerprint density at radius 1 is 1.12 bits per heavy atom. The van der Waals surface area contributed by atoms with Crippen LogP contribution in [-0.2, 0) is 12.8 Å². The summed E-state index contributed by atoms with van der Waals surface area (Å²) in [4.78, 5) is 0. The Hall–Kier alpha value is -0.840. The standard InChI is InChI=1S/C14H15IN2/c1-10-13-4-2-3-5-14(13)17(16-10)12-8-6-11(15)7-9-12/h6-9H,2-5H2,1H3. The summed E-state index contributed by atoms with van der Waals surface area (Å²) in [6.45, 7) is 2.13. The quantitative estimate of drug-likeness (QED) is 0.726. The van der Waals surface area contributed by atoms with Crippen LogP contribution < -0.4 is 0 Å². The molecule has 0 aliphatic heterocycles. The van der Waals surface area contributed by atoms with Crippen molar-refractivity contribution < 1.29 is 0 Å². The Balaban J connectivity index is 2.11. The second-order valence-electron chi connectivity index (χ2n) is 4.61. The predicted octanol–water partition coefficient (Wildman–Crippen LogP) is 3.66. The average molecular weight is 338 g/mol. The number of nitrogens with zero attached hydrogens (tertiary/aromatic N) is 2. The third-order valence-corrected chi connectivity index (χ3v) is 4.17. The molecule has 0 radical (unpaired) electrons. The van der Waals surface area contributed by atoms with Gasteiger partial charge in [-0.15, -0.1) is 0 Å². The fourth-order valence-electron chi connectivity index (χ4n) is 2.58. The van der Waals surface area contributed by atoms with Crippen molar-refractivity contribution >= 4 is 22.6 Å². The molecule has 0 N–H and O–H groups in total. The predicted molar refractivity (Wildman–Crippen MR) is 77.7 cm³/mol. The number of hydrogen-bond donors (Lipinski definition) is 0. The number of halogens is 1. The van der Waals surface area contributed by atoms with Crippen LogP contribution in [0.1, 0.15) is 29.8 Å². The minimum absolute atomic E-state index is 1.17. The Morgan fingerprint density at radius 3 is 2.59 bits per heavy atom. The van der Waals surface area contributed by atoms with E-state index in [0.717, 1.165) is 0 Å². The minimum atomic E-state index is 1.17. The van der Waals surface area contributed by atoms with Crippen molar-refractivity contribution in [1.82, 2.24) is 9.78 Å². The molecule has 0 saturated carbocycles. The van der Waals surface area contributed by atoms with Gasteiger partial charge in [0.2, 0.25) is 0 Å². The summed E-state index contributed by atoms with van der Waals surface area (Å²) < 4.78 is 3.41. The molecule has 0 bridgehead atoms. The normalized spacial score (nSPS) is 14.7. The van der Waals surface area contributed by atoms with Crippen LogP contribution >= 0.6 is 22.6 Å². The zero-order valence-electron chi connectivity index (χ0n) is 9.91. The fraction of sp³-hybridized carbons (Fsp3) is 0.357. The molecular weight excluding hydrogens is 323 g/mol. The molecule has 1 aromatic heterocycles. The van der Waals surface area contributed by atoms with E-state index in [1.165, 1.54) is 51.9 Å². The number of aromatic nitrogens is 2. The van der Waals surface area contributed by atoms with E-state index in [0.29, 0.717) is 0 Å². The maximum atomic E-state index is 4.71. The highest BCUT2D eigenvalue weighted by Crippen LogP contribution is 2.26. The van der Waals surface area contributed by atoms with Crippen LogP contribution in [0.15, 0.2) is 24.3 Å². The maximum Gasteiger partial charge on any atom is 0.0649 e. The summed E-state index contributed by atoms with van der Waals surface area (Å²) >= 11 is 2.33. The van der Waals surface area contributed by atoms with Crippen molar-refractivity contribution in [2.24, 2.45) is 0 Å². The number of benzene rings is 1. The van der Waals surface area contributed by atoms with Gasteiger partial charge >= 0.3 is 0 Å². The lowest BCUT2D eigenvalue weighted by Gasteiger charge is -2.14. The number of fused-ring (bicyclic) bond motifs is 1. The van der Waals surface area contributed by atoms with Gasteiger partial charge < -0.3 is 0 Å². The number of aryl methyl sites for hydroxylation is 1. The van der Waals surface area contributed by atoms with E-state index in [1.807, 2.05) is 0 Å². The van der Waals surface area contributed by atoms with E-state index in [9.17, 15) is 0 Å². The first-order valence-electron chi connectivity index (χ1n) is 6.09. The van der Waals surface area contributed by atoms with Crippen LogP contribution in [-0.4, -0.2) is 9.78 Å². The van der Waals surface area contributed by atoms with E-state index in [-0.39, 0.29) is 0 Å². The summed E-state index contributed by atoms with van der Waals surface area (Å²) in [7, 11) is 0. The van der Waals surface area contributed by atoms with Crippen LogP contribution in [0.5, 0.6) is 0 Å². The van der Waals surface area contributed by atoms with Gasteiger partial charge in [0.25, 0.3) is 0 Å². The van der Waals surface area contributed by atoms with Gasteiger partial charge in [0, 0.05) is 9.26 Å². The minimum Gasteiger partial charge on any atom is -0.237 e. The van der Waals surface area contributed by atoms with Gasteiger partial charge in [-0.05, 0) is 85.0 Å². The third kappa shape index (κ3) is 2.01. The Kier molecular flexibility index (Phi) is 2.94. The number of hydrogen-bond acceptors (Lipinski definition) is 1. The Morgan fingerprint density at radius 2 is 1.82 bits per heavy atom. The van der Waals surface area contributed by atoms with Gasteiger partial charge in [0.1, 0.15) is 0 Å². The monoisotopic (exact) mass is 338 g/mol. The molecule has 1 aliphatic carbocycles. The highest BCUT2D eigenvalue weighted by atomic mass is 127. The van der Waals surface area contributed by atoms with Crippen molar-refractivity contribution in [3.05, 3.63) is 44.8 Å². The fourth-order valence-corrected chi connectivity index (χ4v) is 2.94. The Bertz CT molecular complexity index is 540. The molecule has 3 heteroatoms. The Labute approximate surface area is 115 Å². The van der Waals surface area contributed by atoms with Gasteiger partial charge in [-0.1, -0.05) is 0 Å². The van der Waals surface area contributed by atoms with E-state index in [1.54, 1.807) is 0 Å². The average Bonchev–Trinajstić information content (AvgIpc) is 2.69. The van der Waals surface area contributed by atoms with Gasteiger partial charge in [0.15, 0.2) is 0 Å². The molecule has 0 spiro atoms. The first kappa shape index (κ1) is 11.3. The van der Waals surface area contributed by atoms with Crippen molar-refractivity contribution in [1.29, 1.82) is 0 Å². The lowest BCUT2D eigenvalue weighted by molar-refractivity contribution is 0.653. The topological polar surface area (TPSA) is 17.8 Å². The van der Waals surface area contributed by atoms with Crippen molar-refractivity contribution in [2.75, 3.05) is 0 Å². The zero-order valence-corrected chi connectivity index (χ0v) is 12.1. The van der Waals surface area contributed by atoms with E-state index >= 15 is 0 Å². The second kappa shape index (κ2) is 4.44. The highest BCUT2D eigenvalue weighted by molar-refractivity contribution is 14.1. The highest BCUT2D eigenvalue weighted by Gasteiger charge is 2.18. The van der Waals surface area contributed by atoms with Crippen LogP contribution in [0.25, 0.3) is 5.69 Å². The molecule has 2 aromatic rings. The molecule has 17 heavy (non-hydrogen) atoms. The van der Waals surface area contributed by atoms with Crippen molar-refractivity contribution in [3.8, 4) is 5.69 Å². The smallest absolute Gasteiger partial charge is 0.0649 e. The molecule has 1 aromatic carbocycles.